The van der Waals surface area contributed by atoms with Gasteiger partial charge < -0.3 is 14.2 Å². The van der Waals surface area contributed by atoms with Crippen LogP contribution in [0.5, 0.6) is 17.2 Å². The number of para-hydroxylation sites is 1. The Kier molecular flexibility index (Phi) is 7.20. The molecule has 4 rings (SSSR count). The van der Waals surface area contributed by atoms with Crippen LogP contribution in [0, 0.1) is 0 Å². The van der Waals surface area contributed by atoms with E-state index in [1.54, 1.807) is 6.92 Å². The van der Waals surface area contributed by atoms with Crippen LogP contribution in [0.4, 0.5) is 0 Å². The summed E-state index contributed by atoms with van der Waals surface area (Å²) in [4.78, 5) is 26.4. The predicted molar refractivity (Wildman–Crippen MR) is 138 cm³/mol. The number of aromatic amines is 1. The molecule has 0 unspecified atom stereocenters. The van der Waals surface area contributed by atoms with Crippen molar-refractivity contribution < 1.29 is 19.0 Å². The van der Waals surface area contributed by atoms with E-state index in [2.05, 4.69) is 15.6 Å². The summed E-state index contributed by atoms with van der Waals surface area (Å²) in [5.41, 5.74) is 5.25. The van der Waals surface area contributed by atoms with Gasteiger partial charge in [0.15, 0.2) is 11.5 Å². The molecular formula is C27H26N4O5. The Hall–Kier alpha value is -4.79. The fourth-order valence-electron chi connectivity index (χ4n) is 3.81. The number of amides is 1. The summed E-state index contributed by atoms with van der Waals surface area (Å²) < 4.78 is 17.4. The van der Waals surface area contributed by atoms with Crippen LogP contribution in [0.3, 0.4) is 0 Å². The molecule has 36 heavy (non-hydrogen) atoms. The number of carbonyl (C=O) groups is 1. The van der Waals surface area contributed by atoms with Crippen molar-refractivity contribution in [2.45, 2.75) is 6.92 Å². The first-order valence-corrected chi connectivity index (χ1v) is 11.1. The van der Waals surface area contributed by atoms with E-state index in [9.17, 15) is 9.59 Å². The molecule has 1 heterocycles. The first-order valence-electron chi connectivity index (χ1n) is 11.1. The molecule has 0 radical (unpaired) electrons. The standard InChI is InChI=1S/C27H26N4O5/c1-17(28-29-26(32)19-15-21(34-2)25(36-4)22(16-19)35-3)23-24(18-11-7-5-8-12-18)30-31(27(23)33)20-13-9-6-10-14-20/h5-16,30H,1-4H3,(H,29,32)/b28-17+. The zero-order chi connectivity index (χ0) is 25.7. The molecular weight excluding hydrogens is 460 g/mol. The molecule has 9 nitrogen and oxygen atoms in total. The average molecular weight is 487 g/mol. The lowest BCUT2D eigenvalue weighted by atomic mass is 10.1. The van der Waals surface area contributed by atoms with Gasteiger partial charge >= 0.3 is 0 Å². The molecule has 1 amide bonds. The maximum absolute atomic E-state index is 13.4. The van der Waals surface area contributed by atoms with Crippen molar-refractivity contribution in [2.24, 2.45) is 5.10 Å². The third-order valence-corrected chi connectivity index (χ3v) is 5.58. The van der Waals surface area contributed by atoms with Gasteiger partial charge in [0.1, 0.15) is 0 Å². The quantitative estimate of drug-likeness (QED) is 0.289. The van der Waals surface area contributed by atoms with Gasteiger partial charge in [-0.15, -0.1) is 0 Å². The first-order chi connectivity index (χ1) is 17.5. The monoisotopic (exact) mass is 486 g/mol. The molecule has 0 aliphatic carbocycles. The number of carbonyl (C=O) groups excluding carboxylic acids is 1. The van der Waals surface area contributed by atoms with Crippen molar-refractivity contribution in [1.29, 1.82) is 0 Å². The second-order valence-electron chi connectivity index (χ2n) is 7.76. The Morgan fingerprint density at radius 2 is 1.47 bits per heavy atom. The topological polar surface area (TPSA) is 107 Å². The lowest BCUT2D eigenvalue weighted by Crippen LogP contribution is -2.23. The number of benzene rings is 3. The molecule has 9 heteroatoms. The number of nitrogens with zero attached hydrogens (tertiary/aromatic N) is 2. The molecule has 2 N–H and O–H groups in total. The summed E-state index contributed by atoms with van der Waals surface area (Å²) in [5, 5.41) is 7.44. The number of H-pyrrole nitrogens is 1. The SMILES string of the molecule is COc1cc(C(=O)N/N=C(\C)c2c(-c3ccccc3)[nH]n(-c3ccccc3)c2=O)cc(OC)c1OC. The molecule has 0 aliphatic rings. The highest BCUT2D eigenvalue weighted by Gasteiger charge is 2.20. The first kappa shape index (κ1) is 24.3. The number of nitrogens with one attached hydrogen (secondary N) is 2. The van der Waals surface area contributed by atoms with Crippen LogP contribution >= 0.6 is 0 Å². The van der Waals surface area contributed by atoms with E-state index in [0.717, 1.165) is 5.56 Å². The van der Waals surface area contributed by atoms with E-state index < -0.39 is 5.91 Å². The highest BCUT2D eigenvalue weighted by atomic mass is 16.5. The van der Waals surface area contributed by atoms with Gasteiger partial charge in [0, 0.05) is 11.1 Å². The van der Waals surface area contributed by atoms with Gasteiger partial charge in [-0.2, -0.15) is 5.10 Å². The molecule has 0 fully saturated rings. The second kappa shape index (κ2) is 10.6. The van der Waals surface area contributed by atoms with Crippen molar-refractivity contribution >= 4 is 11.6 Å². The summed E-state index contributed by atoms with van der Waals surface area (Å²) in [6, 6.07) is 21.7. The molecule has 0 atom stereocenters. The Morgan fingerprint density at radius 1 is 0.889 bits per heavy atom. The minimum absolute atomic E-state index is 0.250. The van der Waals surface area contributed by atoms with E-state index in [1.807, 2.05) is 60.7 Å². The minimum Gasteiger partial charge on any atom is -0.493 e. The molecule has 0 bridgehead atoms. The zero-order valence-corrected chi connectivity index (χ0v) is 20.4. The van der Waals surface area contributed by atoms with Crippen molar-refractivity contribution in [3.63, 3.8) is 0 Å². The number of methoxy groups -OCH3 is 3. The lowest BCUT2D eigenvalue weighted by molar-refractivity contribution is 0.0954. The van der Waals surface area contributed by atoms with Crippen LogP contribution in [-0.4, -0.2) is 42.7 Å². The summed E-state index contributed by atoms with van der Waals surface area (Å²) in [5.74, 6) is 0.544. The number of hydrazone groups is 1. The smallest absolute Gasteiger partial charge is 0.281 e. The summed E-state index contributed by atoms with van der Waals surface area (Å²) >= 11 is 0. The minimum atomic E-state index is -0.506. The third-order valence-electron chi connectivity index (χ3n) is 5.58. The van der Waals surface area contributed by atoms with Crippen molar-refractivity contribution in [3.05, 3.63) is 94.3 Å². The zero-order valence-electron chi connectivity index (χ0n) is 20.4. The Balaban J connectivity index is 1.73. The highest BCUT2D eigenvalue weighted by Crippen LogP contribution is 2.38. The maximum atomic E-state index is 13.4. The van der Waals surface area contributed by atoms with Crippen molar-refractivity contribution in [3.8, 4) is 34.2 Å². The predicted octanol–water partition coefficient (Wildman–Crippen LogP) is 4.01. The average Bonchev–Trinajstić information content (AvgIpc) is 3.28. The number of hydrogen-bond donors (Lipinski definition) is 2. The normalized spacial score (nSPS) is 11.2. The Morgan fingerprint density at radius 3 is 2.03 bits per heavy atom. The summed E-state index contributed by atoms with van der Waals surface area (Å²) in [7, 11) is 4.42. The van der Waals surface area contributed by atoms with Crippen molar-refractivity contribution in [1.82, 2.24) is 15.2 Å². The van der Waals surface area contributed by atoms with E-state index in [1.165, 1.54) is 38.1 Å². The Bertz CT molecular complexity index is 1430. The molecule has 0 spiro atoms. The van der Waals surface area contributed by atoms with E-state index in [0.29, 0.717) is 39.9 Å². The van der Waals surface area contributed by atoms with Crippen LogP contribution in [-0.2, 0) is 0 Å². The molecule has 4 aromatic rings. The van der Waals surface area contributed by atoms with E-state index >= 15 is 0 Å². The molecule has 1 aromatic heterocycles. The van der Waals surface area contributed by atoms with Crippen LogP contribution < -0.4 is 25.2 Å². The van der Waals surface area contributed by atoms with Gasteiger partial charge in [0.25, 0.3) is 11.5 Å². The van der Waals surface area contributed by atoms with Crippen LogP contribution in [0.25, 0.3) is 16.9 Å². The fourth-order valence-corrected chi connectivity index (χ4v) is 3.81. The van der Waals surface area contributed by atoms with Crippen molar-refractivity contribution in [2.75, 3.05) is 21.3 Å². The highest BCUT2D eigenvalue weighted by molar-refractivity contribution is 6.04. The van der Waals surface area contributed by atoms with Crippen LogP contribution in [0.2, 0.25) is 0 Å². The van der Waals surface area contributed by atoms with E-state index in [-0.39, 0.29) is 11.1 Å². The molecule has 184 valence electrons. The summed E-state index contributed by atoms with van der Waals surface area (Å²) in [6.07, 6.45) is 0. The summed E-state index contributed by atoms with van der Waals surface area (Å²) in [6.45, 7) is 1.67. The maximum Gasteiger partial charge on any atom is 0.281 e. The molecule has 0 saturated heterocycles. The van der Waals surface area contributed by atoms with Gasteiger partial charge in [-0.3, -0.25) is 14.7 Å². The van der Waals surface area contributed by atoms with Gasteiger partial charge in [-0.05, 0) is 31.2 Å². The largest absolute Gasteiger partial charge is 0.493 e. The number of rotatable bonds is 8. The van der Waals surface area contributed by atoms with Gasteiger partial charge in [0.2, 0.25) is 5.75 Å². The molecule has 3 aromatic carbocycles. The van der Waals surface area contributed by atoms with Crippen LogP contribution in [0.15, 0.2) is 82.7 Å². The number of ether oxygens (including phenoxy) is 3. The number of hydrogen-bond acceptors (Lipinski definition) is 6. The van der Waals surface area contributed by atoms with E-state index in [4.69, 9.17) is 14.2 Å². The number of aromatic nitrogens is 2. The van der Waals surface area contributed by atoms with Gasteiger partial charge in [-0.1, -0.05) is 48.5 Å². The second-order valence-corrected chi connectivity index (χ2v) is 7.76. The van der Waals surface area contributed by atoms with Gasteiger partial charge in [-0.25, -0.2) is 10.1 Å². The Labute approximate surface area is 207 Å². The fraction of sp³-hybridized carbons (Fsp3) is 0.148. The molecule has 0 saturated carbocycles. The lowest BCUT2D eigenvalue weighted by Gasteiger charge is -2.13. The third kappa shape index (κ3) is 4.72. The molecule has 0 aliphatic heterocycles. The van der Waals surface area contributed by atoms with Gasteiger partial charge in [0.05, 0.1) is 44.0 Å². The van der Waals surface area contributed by atoms with Crippen LogP contribution in [0.1, 0.15) is 22.8 Å².